The summed E-state index contributed by atoms with van der Waals surface area (Å²) < 4.78 is 10.8. The molecule has 1 aliphatic carbocycles. The number of hydrogen-bond donors (Lipinski definition) is 3. The van der Waals surface area contributed by atoms with Crippen LogP contribution in [0.4, 0.5) is 10.5 Å². The van der Waals surface area contributed by atoms with Crippen molar-refractivity contribution < 1.29 is 28.6 Å². The molecule has 1 heterocycles. The van der Waals surface area contributed by atoms with Gasteiger partial charge in [-0.15, -0.1) is 0 Å². The number of carbonyl (C=O) groups excluding carboxylic acids is 2. The first kappa shape index (κ1) is 23.1. The van der Waals surface area contributed by atoms with Gasteiger partial charge in [0.15, 0.2) is 0 Å². The number of rotatable bonds is 10. The largest absolute Gasteiger partial charge is 0.481 e. The Balaban J connectivity index is 1.30. The van der Waals surface area contributed by atoms with Crippen LogP contribution in [0.1, 0.15) is 53.3 Å². The summed E-state index contributed by atoms with van der Waals surface area (Å²) in [7, 11) is 0. The van der Waals surface area contributed by atoms with Crippen molar-refractivity contribution in [2.24, 2.45) is 0 Å². The Kier molecular flexibility index (Phi) is 7.27. The van der Waals surface area contributed by atoms with Crippen molar-refractivity contribution >= 4 is 23.7 Å². The Morgan fingerprint density at radius 2 is 1.59 bits per heavy atom. The summed E-state index contributed by atoms with van der Waals surface area (Å²) in [5.41, 5.74) is 4.74. The van der Waals surface area contributed by atoms with Crippen LogP contribution >= 0.6 is 0 Å². The highest BCUT2D eigenvalue weighted by Crippen LogP contribution is 2.44. The van der Waals surface area contributed by atoms with Crippen molar-refractivity contribution in [3.63, 3.8) is 0 Å². The maximum absolute atomic E-state index is 12.5. The molecule has 0 bridgehead atoms. The summed E-state index contributed by atoms with van der Waals surface area (Å²) >= 11 is 0. The number of ether oxygens (including phenoxy) is 1. The van der Waals surface area contributed by atoms with Crippen LogP contribution in [-0.4, -0.2) is 36.2 Å². The topological polar surface area (TPSA) is 118 Å². The van der Waals surface area contributed by atoms with Crippen LogP contribution in [0.5, 0.6) is 0 Å². The molecule has 0 spiro atoms. The summed E-state index contributed by atoms with van der Waals surface area (Å²) in [4.78, 5) is 35.4. The van der Waals surface area contributed by atoms with Crippen molar-refractivity contribution in [1.82, 2.24) is 5.32 Å². The lowest BCUT2D eigenvalue weighted by molar-refractivity contribution is -0.137. The zero-order valence-corrected chi connectivity index (χ0v) is 18.6. The number of aliphatic carboxylic acids is 1. The Hall–Kier alpha value is -4.07. The highest BCUT2D eigenvalue weighted by atomic mass is 16.5. The molecule has 1 aliphatic rings. The summed E-state index contributed by atoms with van der Waals surface area (Å²) in [6.45, 7) is 0.541. The molecule has 0 aliphatic heterocycles. The van der Waals surface area contributed by atoms with Gasteiger partial charge in [-0.05, 0) is 35.1 Å². The van der Waals surface area contributed by atoms with Gasteiger partial charge >= 0.3 is 12.1 Å². The molecule has 2 aromatic carbocycles. The number of nitrogens with one attached hydrogen (secondary N) is 2. The minimum absolute atomic E-state index is 0.0148. The van der Waals surface area contributed by atoms with E-state index in [2.05, 4.69) is 22.8 Å². The number of furan rings is 1. The predicted octanol–water partition coefficient (Wildman–Crippen LogP) is 5.02. The Labute approximate surface area is 196 Å². The third-order valence-electron chi connectivity index (χ3n) is 5.80. The van der Waals surface area contributed by atoms with Crippen LogP contribution in [0.3, 0.4) is 0 Å². The van der Waals surface area contributed by atoms with Crippen LogP contribution in [0, 0.1) is 0 Å². The van der Waals surface area contributed by atoms with Gasteiger partial charge in [-0.25, -0.2) is 4.79 Å². The second kappa shape index (κ2) is 10.7. The first-order chi connectivity index (χ1) is 16.5. The number of amides is 2. The number of carboxylic acid groups (broad SMARTS) is 1. The molecule has 3 N–H and O–H groups in total. The number of anilines is 1. The molecular weight excluding hydrogens is 436 g/mol. The minimum Gasteiger partial charge on any atom is -0.481 e. The molecule has 0 fully saturated rings. The molecule has 0 saturated carbocycles. The third kappa shape index (κ3) is 5.28. The van der Waals surface area contributed by atoms with Gasteiger partial charge in [-0.2, -0.15) is 0 Å². The Bertz CT molecular complexity index is 1140. The fourth-order valence-corrected chi connectivity index (χ4v) is 4.19. The lowest BCUT2D eigenvalue weighted by Gasteiger charge is -2.14. The van der Waals surface area contributed by atoms with Gasteiger partial charge in [0.25, 0.3) is 5.91 Å². The van der Waals surface area contributed by atoms with Crippen LogP contribution in [0.25, 0.3) is 11.1 Å². The van der Waals surface area contributed by atoms with E-state index in [-0.39, 0.29) is 30.4 Å². The Morgan fingerprint density at radius 3 is 2.26 bits per heavy atom. The van der Waals surface area contributed by atoms with E-state index in [9.17, 15) is 14.4 Å². The maximum Gasteiger partial charge on any atom is 0.411 e. The van der Waals surface area contributed by atoms with Gasteiger partial charge in [-0.1, -0.05) is 55.0 Å². The summed E-state index contributed by atoms with van der Waals surface area (Å²) in [5, 5.41) is 13.9. The average molecular weight is 463 g/mol. The number of hydrogen-bond acceptors (Lipinski definition) is 5. The van der Waals surface area contributed by atoms with E-state index >= 15 is 0 Å². The molecule has 0 radical (unpaired) electrons. The van der Waals surface area contributed by atoms with Crippen LogP contribution in [0.2, 0.25) is 0 Å². The number of fused-ring (bicyclic) bond motifs is 3. The summed E-state index contributed by atoms with van der Waals surface area (Å²) in [6, 6.07) is 17.6. The molecule has 8 nitrogen and oxygen atoms in total. The van der Waals surface area contributed by atoms with E-state index < -0.39 is 18.0 Å². The number of benzene rings is 2. The average Bonchev–Trinajstić information content (AvgIpc) is 3.42. The zero-order chi connectivity index (χ0) is 23.9. The Morgan fingerprint density at radius 1 is 0.912 bits per heavy atom. The van der Waals surface area contributed by atoms with Crippen LogP contribution < -0.4 is 10.6 Å². The van der Waals surface area contributed by atoms with Crippen molar-refractivity contribution in [3.05, 3.63) is 77.7 Å². The second-order valence-corrected chi connectivity index (χ2v) is 8.07. The van der Waals surface area contributed by atoms with Crippen LogP contribution in [-0.2, 0) is 9.53 Å². The second-order valence-electron chi connectivity index (χ2n) is 8.07. The van der Waals surface area contributed by atoms with Gasteiger partial charge in [0, 0.05) is 24.9 Å². The molecule has 2 amide bonds. The first-order valence-corrected chi connectivity index (χ1v) is 11.2. The molecule has 1 aromatic heterocycles. The molecule has 0 saturated heterocycles. The van der Waals surface area contributed by atoms with E-state index in [1.807, 2.05) is 36.4 Å². The lowest BCUT2D eigenvalue weighted by atomic mass is 9.98. The number of unbranched alkanes of at least 4 members (excludes halogenated alkanes) is 2. The van der Waals surface area contributed by atoms with Crippen molar-refractivity contribution in [2.45, 2.75) is 31.6 Å². The zero-order valence-electron chi connectivity index (χ0n) is 18.6. The molecule has 8 heteroatoms. The van der Waals surface area contributed by atoms with Gasteiger partial charge in [-0.3, -0.25) is 14.9 Å². The molecule has 0 atom stereocenters. The molecule has 34 heavy (non-hydrogen) atoms. The molecule has 3 aromatic rings. The van der Waals surface area contributed by atoms with E-state index in [1.54, 1.807) is 0 Å². The lowest BCUT2D eigenvalue weighted by Crippen LogP contribution is -2.26. The normalized spacial score (nSPS) is 12.0. The SMILES string of the molecule is O=C(O)CCCCCNC(=O)c1occc1NC(=O)OCC1c2ccccc2-c2ccccc21. The molecule has 176 valence electrons. The number of carboxylic acids is 1. The fourth-order valence-electron chi connectivity index (χ4n) is 4.19. The highest BCUT2D eigenvalue weighted by molar-refractivity contribution is 6.00. The summed E-state index contributed by atoms with van der Waals surface area (Å²) in [6.07, 6.45) is 2.65. The van der Waals surface area contributed by atoms with Gasteiger partial charge < -0.3 is 19.6 Å². The van der Waals surface area contributed by atoms with Crippen molar-refractivity contribution in [1.29, 1.82) is 0 Å². The molecule has 4 rings (SSSR count). The van der Waals surface area contributed by atoms with E-state index in [0.29, 0.717) is 25.8 Å². The third-order valence-corrected chi connectivity index (χ3v) is 5.80. The minimum atomic E-state index is -0.830. The molecular formula is C26H26N2O6. The van der Waals surface area contributed by atoms with E-state index in [1.165, 1.54) is 12.3 Å². The predicted molar refractivity (Wildman–Crippen MR) is 126 cm³/mol. The quantitative estimate of drug-likeness (QED) is 0.364. The van der Waals surface area contributed by atoms with Crippen molar-refractivity contribution in [2.75, 3.05) is 18.5 Å². The van der Waals surface area contributed by atoms with Gasteiger partial charge in [0.1, 0.15) is 6.61 Å². The van der Waals surface area contributed by atoms with Crippen LogP contribution in [0.15, 0.2) is 65.3 Å². The smallest absolute Gasteiger partial charge is 0.411 e. The molecule has 0 unspecified atom stereocenters. The van der Waals surface area contributed by atoms with Gasteiger partial charge in [0.05, 0.1) is 12.0 Å². The number of carbonyl (C=O) groups is 3. The standard InChI is InChI=1S/C26H26N2O6/c29-23(30)12-2-1-7-14-27-25(31)24-22(13-15-33-24)28-26(32)34-16-21-19-10-5-3-8-17(19)18-9-4-6-11-20(18)21/h3-6,8-11,13,15,21H,1-2,7,12,14,16H2,(H,27,31)(H,28,32)(H,29,30). The highest BCUT2D eigenvalue weighted by Gasteiger charge is 2.29. The monoisotopic (exact) mass is 462 g/mol. The summed E-state index contributed by atoms with van der Waals surface area (Å²) in [5.74, 6) is -1.37. The van der Waals surface area contributed by atoms with Gasteiger partial charge in [0.2, 0.25) is 5.76 Å². The maximum atomic E-state index is 12.5. The van der Waals surface area contributed by atoms with Crippen molar-refractivity contribution in [3.8, 4) is 11.1 Å². The fraction of sp³-hybridized carbons (Fsp3) is 0.269. The van der Waals surface area contributed by atoms with E-state index in [4.69, 9.17) is 14.3 Å². The van der Waals surface area contributed by atoms with E-state index in [0.717, 1.165) is 22.3 Å². The first-order valence-electron chi connectivity index (χ1n) is 11.2.